The van der Waals surface area contributed by atoms with Gasteiger partial charge in [-0.3, -0.25) is 0 Å². The maximum Gasteiger partial charge on any atom is 0.225 e. The van der Waals surface area contributed by atoms with Gasteiger partial charge in [0.1, 0.15) is 0 Å². The molecule has 0 aromatic carbocycles. The molecule has 0 aromatic rings. The molecule has 0 bridgehead atoms. The van der Waals surface area contributed by atoms with Crippen LogP contribution in [0.1, 0.15) is 47.0 Å². The largest absolute Gasteiger partial charge is 0.225 e. The van der Waals surface area contributed by atoms with E-state index in [1.807, 2.05) is 0 Å². The summed E-state index contributed by atoms with van der Waals surface area (Å²) in [6.45, 7) is 8.66. The average Bonchev–Trinajstić information content (AvgIpc) is 1.94. The minimum absolute atomic E-state index is 0.0490. The average molecular weight is 258 g/mol. The van der Waals surface area contributed by atoms with Crippen molar-refractivity contribution in [2.75, 3.05) is 5.75 Å². The molecular weight excluding hydrogens is 236 g/mol. The zero-order chi connectivity index (χ0) is 13.3. The van der Waals surface area contributed by atoms with Crippen LogP contribution in [-0.2, 0) is 10.0 Å². The number of nitrogens with zero attached hydrogens (tertiary/aromatic N) is 1. The van der Waals surface area contributed by atoms with Crippen LogP contribution >= 0.6 is 0 Å². The van der Waals surface area contributed by atoms with Crippen LogP contribution in [0.4, 0.5) is 0 Å². The summed E-state index contributed by atoms with van der Waals surface area (Å²) in [5.41, 5.74) is 0.281. The zero-order valence-corrected chi connectivity index (χ0v) is 11.9. The molecule has 0 heterocycles. The molecule has 1 aliphatic carbocycles. The van der Waals surface area contributed by atoms with E-state index in [1.165, 1.54) is 0 Å². The van der Waals surface area contributed by atoms with Crippen molar-refractivity contribution >= 4 is 10.0 Å². The summed E-state index contributed by atoms with van der Waals surface area (Å²) in [7, 11) is -3.44. The summed E-state index contributed by atoms with van der Waals surface area (Å²) >= 11 is 0. The van der Waals surface area contributed by atoms with Crippen molar-refractivity contribution in [2.24, 2.45) is 10.8 Å². The summed E-state index contributed by atoms with van der Waals surface area (Å²) in [5.74, 6) is -0.454. The third kappa shape index (κ3) is 4.64. The second-order valence-corrected chi connectivity index (χ2v) is 8.40. The molecule has 0 unspecified atom stereocenters. The molecule has 5 heteroatoms. The van der Waals surface area contributed by atoms with Gasteiger partial charge < -0.3 is 0 Å². The lowest BCUT2D eigenvalue weighted by atomic mass is 9.64. The minimum atomic E-state index is -3.44. The second-order valence-electron chi connectivity index (χ2n) is 6.65. The van der Waals surface area contributed by atoms with Crippen molar-refractivity contribution in [3.05, 3.63) is 0 Å². The standard InChI is InChI=1S/C12H22N2O2S/c1-11(2)7-10(8-12(3,4)9-11)14-17(15,16)6-5-13/h10,14H,6-9H2,1-4H3. The first kappa shape index (κ1) is 14.5. The Kier molecular flexibility index (Phi) is 3.90. The first-order valence-corrected chi connectivity index (χ1v) is 7.57. The molecule has 0 aromatic heterocycles. The molecule has 17 heavy (non-hydrogen) atoms. The van der Waals surface area contributed by atoms with Gasteiger partial charge in [0.25, 0.3) is 0 Å². The van der Waals surface area contributed by atoms with E-state index in [0.717, 1.165) is 19.3 Å². The van der Waals surface area contributed by atoms with E-state index in [2.05, 4.69) is 32.4 Å². The smallest absolute Gasteiger partial charge is 0.211 e. The molecular formula is C12H22N2O2S. The predicted molar refractivity (Wildman–Crippen MR) is 67.7 cm³/mol. The Morgan fingerprint density at radius 2 is 1.71 bits per heavy atom. The number of hydrogen-bond donors (Lipinski definition) is 1. The Morgan fingerprint density at radius 1 is 1.24 bits per heavy atom. The highest BCUT2D eigenvalue weighted by Crippen LogP contribution is 2.45. The number of hydrogen-bond acceptors (Lipinski definition) is 3. The Bertz CT molecular complexity index is 402. The van der Waals surface area contributed by atoms with Crippen LogP contribution in [-0.4, -0.2) is 20.2 Å². The lowest BCUT2D eigenvalue weighted by Crippen LogP contribution is -2.46. The first-order chi connectivity index (χ1) is 7.55. The molecule has 4 nitrogen and oxygen atoms in total. The van der Waals surface area contributed by atoms with Gasteiger partial charge in [-0.05, 0) is 30.1 Å². The monoisotopic (exact) mass is 258 g/mol. The van der Waals surface area contributed by atoms with E-state index in [1.54, 1.807) is 6.07 Å². The van der Waals surface area contributed by atoms with E-state index in [9.17, 15) is 8.42 Å². The van der Waals surface area contributed by atoms with Gasteiger partial charge in [-0.25, -0.2) is 13.1 Å². The zero-order valence-electron chi connectivity index (χ0n) is 11.1. The van der Waals surface area contributed by atoms with E-state index in [-0.39, 0.29) is 16.9 Å². The summed E-state index contributed by atoms with van der Waals surface area (Å²) in [6.07, 6.45) is 2.76. The fraction of sp³-hybridized carbons (Fsp3) is 0.917. The maximum absolute atomic E-state index is 11.6. The summed E-state index contributed by atoms with van der Waals surface area (Å²) in [6, 6.07) is 1.64. The van der Waals surface area contributed by atoms with Gasteiger partial charge in [0.2, 0.25) is 10.0 Å². The van der Waals surface area contributed by atoms with Gasteiger partial charge in [-0.15, -0.1) is 0 Å². The predicted octanol–water partition coefficient (Wildman–Crippen LogP) is 2.03. The van der Waals surface area contributed by atoms with Crippen LogP contribution in [0, 0.1) is 22.2 Å². The van der Waals surface area contributed by atoms with E-state index >= 15 is 0 Å². The maximum atomic E-state index is 11.6. The highest BCUT2D eigenvalue weighted by atomic mass is 32.2. The van der Waals surface area contributed by atoms with Gasteiger partial charge in [0, 0.05) is 6.04 Å². The molecule has 1 saturated carbocycles. The molecule has 1 aliphatic rings. The molecule has 0 atom stereocenters. The number of nitrogens with one attached hydrogen (secondary N) is 1. The van der Waals surface area contributed by atoms with Crippen LogP contribution in [0.25, 0.3) is 0 Å². The van der Waals surface area contributed by atoms with E-state index < -0.39 is 15.8 Å². The van der Waals surface area contributed by atoms with Crippen molar-refractivity contribution in [2.45, 2.75) is 53.0 Å². The fourth-order valence-corrected chi connectivity index (χ4v) is 4.24. The SMILES string of the molecule is CC1(C)CC(NS(=O)(=O)CC#N)CC(C)(C)C1. The molecule has 0 aliphatic heterocycles. The third-order valence-electron chi connectivity index (χ3n) is 3.16. The first-order valence-electron chi connectivity index (χ1n) is 5.92. The Hall–Kier alpha value is -0.600. The van der Waals surface area contributed by atoms with Crippen LogP contribution in [0.15, 0.2) is 0 Å². The molecule has 1 fully saturated rings. The van der Waals surface area contributed by atoms with Gasteiger partial charge in [0.15, 0.2) is 5.75 Å². The Morgan fingerprint density at radius 3 is 2.12 bits per heavy atom. The van der Waals surface area contributed by atoms with Crippen LogP contribution in [0.5, 0.6) is 0 Å². The van der Waals surface area contributed by atoms with E-state index in [4.69, 9.17) is 5.26 Å². The number of rotatable bonds is 3. The fourth-order valence-electron chi connectivity index (χ4n) is 3.31. The molecule has 0 amide bonds. The number of sulfonamides is 1. The second kappa shape index (κ2) is 4.58. The van der Waals surface area contributed by atoms with Crippen molar-refractivity contribution in [3.63, 3.8) is 0 Å². The van der Waals surface area contributed by atoms with Crippen LogP contribution < -0.4 is 4.72 Å². The lowest BCUT2D eigenvalue weighted by Gasteiger charge is -2.44. The lowest BCUT2D eigenvalue weighted by molar-refractivity contribution is 0.0934. The van der Waals surface area contributed by atoms with Gasteiger partial charge in [-0.2, -0.15) is 5.26 Å². The van der Waals surface area contributed by atoms with Crippen molar-refractivity contribution in [1.29, 1.82) is 5.26 Å². The molecule has 0 spiro atoms. The van der Waals surface area contributed by atoms with Crippen molar-refractivity contribution in [3.8, 4) is 6.07 Å². The van der Waals surface area contributed by atoms with Crippen molar-refractivity contribution in [1.82, 2.24) is 4.72 Å². The van der Waals surface area contributed by atoms with E-state index in [0.29, 0.717) is 0 Å². The Labute approximate surface area is 104 Å². The normalized spacial score (nSPS) is 24.2. The topological polar surface area (TPSA) is 70.0 Å². The van der Waals surface area contributed by atoms with Gasteiger partial charge >= 0.3 is 0 Å². The summed E-state index contributed by atoms with van der Waals surface area (Å²) in [4.78, 5) is 0. The Balaban J connectivity index is 2.77. The summed E-state index contributed by atoms with van der Waals surface area (Å²) < 4.78 is 25.8. The highest BCUT2D eigenvalue weighted by molar-refractivity contribution is 7.89. The molecule has 1 N–H and O–H groups in total. The van der Waals surface area contributed by atoms with Crippen LogP contribution in [0.3, 0.4) is 0 Å². The molecule has 1 rings (SSSR count). The highest BCUT2D eigenvalue weighted by Gasteiger charge is 2.39. The van der Waals surface area contributed by atoms with Crippen molar-refractivity contribution < 1.29 is 8.42 Å². The van der Waals surface area contributed by atoms with Gasteiger partial charge in [-0.1, -0.05) is 27.7 Å². The summed E-state index contributed by atoms with van der Waals surface area (Å²) in [5, 5.41) is 8.47. The third-order valence-corrected chi connectivity index (χ3v) is 4.36. The molecule has 0 radical (unpaired) electrons. The molecule has 98 valence electrons. The quantitative estimate of drug-likeness (QED) is 0.842. The minimum Gasteiger partial charge on any atom is -0.211 e. The molecule has 0 saturated heterocycles. The number of nitriles is 1. The van der Waals surface area contributed by atoms with Crippen LogP contribution in [0.2, 0.25) is 0 Å². The van der Waals surface area contributed by atoms with Gasteiger partial charge in [0.05, 0.1) is 6.07 Å².